The van der Waals surface area contributed by atoms with Crippen molar-refractivity contribution in [1.29, 1.82) is 0 Å². The van der Waals surface area contributed by atoms with E-state index in [2.05, 4.69) is 15.9 Å². The van der Waals surface area contributed by atoms with Crippen molar-refractivity contribution < 1.29 is 12.8 Å². The Morgan fingerprint density at radius 3 is 2.42 bits per heavy atom. The average molecular weight is 253 g/mol. The van der Waals surface area contributed by atoms with E-state index in [1.54, 1.807) is 0 Å². The lowest BCUT2D eigenvalue weighted by Gasteiger charge is -2.00. The van der Waals surface area contributed by atoms with Gasteiger partial charge in [0.1, 0.15) is 5.82 Å². The molecule has 0 radical (unpaired) electrons. The highest BCUT2D eigenvalue weighted by Gasteiger charge is 2.11. The van der Waals surface area contributed by atoms with Crippen molar-refractivity contribution in [3.8, 4) is 0 Å². The first-order valence-electron chi connectivity index (χ1n) is 3.06. The van der Waals surface area contributed by atoms with Crippen LogP contribution in [0.3, 0.4) is 0 Å². The van der Waals surface area contributed by atoms with Gasteiger partial charge in [0.2, 0.25) is 0 Å². The summed E-state index contributed by atoms with van der Waals surface area (Å²) in [5.41, 5.74) is 0. The van der Waals surface area contributed by atoms with Gasteiger partial charge < -0.3 is 0 Å². The highest BCUT2D eigenvalue weighted by Crippen LogP contribution is 2.22. The van der Waals surface area contributed by atoms with Gasteiger partial charge in [-0.25, -0.2) is 12.8 Å². The van der Waals surface area contributed by atoms with Gasteiger partial charge in [0.05, 0.1) is 4.90 Å². The molecule has 0 N–H and O–H groups in total. The zero-order valence-electron chi connectivity index (χ0n) is 6.21. The van der Waals surface area contributed by atoms with Gasteiger partial charge in [0.25, 0.3) is 0 Å². The minimum Gasteiger partial charge on any atom is -0.224 e. The molecule has 2 nitrogen and oxygen atoms in total. The van der Waals surface area contributed by atoms with Crippen molar-refractivity contribution in [2.75, 3.05) is 6.26 Å². The third-order valence-corrected chi connectivity index (χ3v) is 3.38. The molecule has 5 heteroatoms. The summed E-state index contributed by atoms with van der Waals surface area (Å²) in [4.78, 5) is -0.0255. The first-order valence-corrected chi connectivity index (χ1v) is 5.75. The third-order valence-electron chi connectivity index (χ3n) is 1.29. The van der Waals surface area contributed by atoms with Crippen molar-refractivity contribution in [1.82, 2.24) is 0 Å². The Bertz CT molecular complexity index is 400. The van der Waals surface area contributed by atoms with Crippen LogP contribution in [-0.4, -0.2) is 14.7 Å². The molecule has 1 aromatic carbocycles. The number of halogens is 2. The van der Waals surface area contributed by atoms with Gasteiger partial charge in [-0.15, -0.1) is 0 Å². The van der Waals surface area contributed by atoms with Gasteiger partial charge in [0.15, 0.2) is 9.84 Å². The van der Waals surface area contributed by atoms with Crippen molar-refractivity contribution in [3.63, 3.8) is 0 Å². The predicted molar refractivity (Wildman–Crippen MR) is 47.2 cm³/mol. The van der Waals surface area contributed by atoms with E-state index in [1.165, 1.54) is 12.1 Å². The maximum atomic E-state index is 12.6. The largest absolute Gasteiger partial charge is 0.224 e. The molecule has 0 amide bonds. The summed E-state index contributed by atoms with van der Waals surface area (Å²) < 4.78 is 35.0. The lowest BCUT2D eigenvalue weighted by atomic mass is 10.3. The van der Waals surface area contributed by atoms with Crippen molar-refractivity contribution >= 4 is 25.8 Å². The summed E-state index contributed by atoms with van der Waals surface area (Å²) >= 11 is 3.02. The number of hydrogen-bond acceptors (Lipinski definition) is 2. The van der Waals surface area contributed by atoms with Gasteiger partial charge in [-0.2, -0.15) is 0 Å². The van der Waals surface area contributed by atoms with Crippen LogP contribution < -0.4 is 0 Å². The molecule has 0 bridgehead atoms. The van der Waals surface area contributed by atoms with E-state index in [1.807, 2.05) is 0 Å². The van der Waals surface area contributed by atoms with Crippen LogP contribution in [0.1, 0.15) is 0 Å². The maximum Gasteiger partial charge on any atom is 0.176 e. The number of sulfone groups is 1. The second-order valence-corrected chi connectivity index (χ2v) is 5.19. The molecule has 66 valence electrons. The smallest absolute Gasteiger partial charge is 0.176 e. The second kappa shape index (κ2) is 3.14. The molecule has 0 saturated carbocycles. The molecule has 1 aromatic rings. The zero-order valence-corrected chi connectivity index (χ0v) is 8.62. The fourth-order valence-electron chi connectivity index (χ4n) is 0.761. The van der Waals surface area contributed by atoms with Crippen LogP contribution in [0.5, 0.6) is 0 Å². The van der Waals surface area contributed by atoms with Crippen molar-refractivity contribution in [3.05, 3.63) is 28.5 Å². The third kappa shape index (κ3) is 2.04. The van der Waals surface area contributed by atoms with Gasteiger partial charge >= 0.3 is 0 Å². The lowest BCUT2D eigenvalue weighted by Crippen LogP contribution is -1.98. The molecule has 0 aliphatic heterocycles. The van der Waals surface area contributed by atoms with Gasteiger partial charge in [-0.05, 0) is 34.1 Å². The van der Waals surface area contributed by atoms with Gasteiger partial charge in [-0.3, -0.25) is 0 Å². The molecule has 0 heterocycles. The van der Waals surface area contributed by atoms with Crippen LogP contribution in [0.2, 0.25) is 0 Å². The van der Waals surface area contributed by atoms with Crippen molar-refractivity contribution in [2.24, 2.45) is 0 Å². The Kier molecular flexibility index (Phi) is 2.53. The summed E-state index contributed by atoms with van der Waals surface area (Å²) in [6, 6.07) is 3.55. The molecule has 0 aromatic heterocycles. The summed E-state index contributed by atoms with van der Waals surface area (Å²) in [5, 5.41) is 0. The molecule has 0 fully saturated rings. The minimum atomic E-state index is -3.34. The molecule has 0 spiro atoms. The van der Waals surface area contributed by atoms with Crippen LogP contribution in [-0.2, 0) is 9.84 Å². The normalized spacial score (nSPS) is 11.6. The average Bonchev–Trinajstić information content (AvgIpc) is 1.92. The highest BCUT2D eigenvalue weighted by atomic mass is 79.9. The second-order valence-electron chi connectivity index (χ2n) is 2.35. The molecule has 0 saturated heterocycles. The van der Waals surface area contributed by atoms with E-state index in [0.717, 1.165) is 12.3 Å². The molecule has 12 heavy (non-hydrogen) atoms. The standard InChI is InChI=1S/C7H6BrFO2S/c1-12(10,11)7-4-5(9)2-3-6(7)8/h2-4H,1H3. The Morgan fingerprint density at radius 2 is 2.00 bits per heavy atom. The van der Waals surface area contributed by atoms with E-state index in [9.17, 15) is 12.8 Å². The van der Waals surface area contributed by atoms with Crippen LogP contribution in [0.15, 0.2) is 27.6 Å². The SMILES string of the molecule is CS(=O)(=O)c1cc(F)ccc1Br. The van der Waals surface area contributed by atoms with Crippen LogP contribution in [0, 0.1) is 5.82 Å². The number of hydrogen-bond donors (Lipinski definition) is 0. The van der Waals surface area contributed by atoms with E-state index in [4.69, 9.17) is 0 Å². The van der Waals surface area contributed by atoms with Crippen LogP contribution >= 0.6 is 15.9 Å². The van der Waals surface area contributed by atoms with E-state index in [0.29, 0.717) is 4.47 Å². The number of benzene rings is 1. The molecule has 0 aliphatic carbocycles. The summed E-state index contributed by atoms with van der Waals surface area (Å²) in [5.74, 6) is -0.557. The summed E-state index contributed by atoms with van der Waals surface area (Å²) in [7, 11) is -3.34. The molecule has 0 atom stereocenters. The molecule has 0 aliphatic rings. The Labute approximate surface area is 78.5 Å². The van der Waals surface area contributed by atoms with Gasteiger partial charge in [0, 0.05) is 10.7 Å². The number of rotatable bonds is 1. The first-order chi connectivity index (χ1) is 5.41. The molecular formula is C7H6BrFO2S. The Morgan fingerprint density at radius 1 is 1.42 bits per heavy atom. The lowest BCUT2D eigenvalue weighted by molar-refractivity contribution is 0.595. The Hall–Kier alpha value is -0.420. The van der Waals surface area contributed by atoms with E-state index < -0.39 is 15.7 Å². The van der Waals surface area contributed by atoms with E-state index in [-0.39, 0.29) is 4.90 Å². The fraction of sp³-hybridized carbons (Fsp3) is 0.143. The zero-order chi connectivity index (χ0) is 9.35. The first kappa shape index (κ1) is 9.67. The highest BCUT2D eigenvalue weighted by molar-refractivity contribution is 9.10. The maximum absolute atomic E-state index is 12.6. The monoisotopic (exact) mass is 252 g/mol. The topological polar surface area (TPSA) is 34.1 Å². The predicted octanol–water partition coefficient (Wildman–Crippen LogP) is 1.99. The van der Waals surface area contributed by atoms with Crippen molar-refractivity contribution in [2.45, 2.75) is 4.90 Å². The molecule has 0 unspecified atom stereocenters. The summed E-state index contributed by atoms with van der Waals surface area (Å²) in [6.07, 6.45) is 1.03. The quantitative estimate of drug-likeness (QED) is 0.767. The Balaban J connectivity index is 3.43. The minimum absolute atomic E-state index is 0.0255. The van der Waals surface area contributed by atoms with Crippen LogP contribution in [0.25, 0.3) is 0 Å². The van der Waals surface area contributed by atoms with Crippen LogP contribution in [0.4, 0.5) is 4.39 Å². The molecular weight excluding hydrogens is 247 g/mol. The fourth-order valence-corrected chi connectivity index (χ4v) is 2.64. The summed E-state index contributed by atoms with van der Waals surface area (Å²) in [6.45, 7) is 0. The molecule has 1 rings (SSSR count). The van der Waals surface area contributed by atoms with E-state index >= 15 is 0 Å². The van der Waals surface area contributed by atoms with Gasteiger partial charge in [-0.1, -0.05) is 0 Å².